The zero-order chi connectivity index (χ0) is 21.1. The van der Waals surface area contributed by atoms with Crippen LogP contribution >= 0.6 is 11.6 Å². The first kappa shape index (κ1) is 21.5. The highest BCUT2D eigenvalue weighted by atomic mass is 35.5. The van der Waals surface area contributed by atoms with Crippen LogP contribution in [0.5, 0.6) is 11.5 Å². The number of benzene rings is 2. The van der Waals surface area contributed by atoms with Gasteiger partial charge in [-0.25, -0.2) is 0 Å². The Balaban J connectivity index is 1.99. The second-order valence-electron chi connectivity index (χ2n) is 8.45. The zero-order valence-electron chi connectivity index (χ0n) is 17.6. The van der Waals surface area contributed by atoms with Crippen LogP contribution in [-0.2, 0) is 4.79 Å². The number of carbonyl (C=O) groups is 1. The Hall–Kier alpha value is -2.20. The van der Waals surface area contributed by atoms with Gasteiger partial charge in [-0.2, -0.15) is 0 Å². The third-order valence-corrected chi connectivity index (χ3v) is 5.96. The maximum Gasteiger partial charge on any atom is 0.223 e. The van der Waals surface area contributed by atoms with Crippen LogP contribution < -0.4 is 4.74 Å². The van der Waals surface area contributed by atoms with E-state index in [2.05, 4.69) is 13.8 Å². The number of halogens is 1. The monoisotopic (exact) mass is 415 g/mol. The van der Waals surface area contributed by atoms with Gasteiger partial charge in [-0.3, -0.25) is 4.79 Å². The van der Waals surface area contributed by atoms with Crippen LogP contribution in [0.3, 0.4) is 0 Å². The minimum atomic E-state index is -0.317. The molecule has 1 N–H and O–H groups in total. The van der Waals surface area contributed by atoms with E-state index in [1.165, 1.54) is 0 Å². The summed E-state index contributed by atoms with van der Waals surface area (Å²) >= 11 is 6.08. The van der Waals surface area contributed by atoms with Gasteiger partial charge >= 0.3 is 0 Å². The molecule has 1 fully saturated rings. The number of amides is 1. The number of hydrogen-bond acceptors (Lipinski definition) is 3. The van der Waals surface area contributed by atoms with E-state index in [9.17, 15) is 9.90 Å². The van der Waals surface area contributed by atoms with E-state index >= 15 is 0 Å². The van der Waals surface area contributed by atoms with Crippen molar-refractivity contribution in [3.05, 3.63) is 58.1 Å². The van der Waals surface area contributed by atoms with Crippen molar-refractivity contribution >= 4 is 17.5 Å². The Kier molecular flexibility index (Phi) is 6.74. The van der Waals surface area contributed by atoms with E-state index < -0.39 is 0 Å². The van der Waals surface area contributed by atoms with E-state index in [1.54, 1.807) is 13.2 Å². The lowest BCUT2D eigenvalue weighted by atomic mass is 9.85. The van der Waals surface area contributed by atoms with Crippen molar-refractivity contribution in [2.45, 2.75) is 39.5 Å². The molecule has 0 spiro atoms. The SMILES string of the molecule is COc1cc(C)cc(O)c1C(CC(=O)N1CC(C)CC(C)C1)c1ccc(Cl)cc1. The fourth-order valence-corrected chi connectivity index (χ4v) is 4.64. The van der Waals surface area contributed by atoms with Crippen molar-refractivity contribution in [2.75, 3.05) is 20.2 Å². The summed E-state index contributed by atoms with van der Waals surface area (Å²) in [5, 5.41) is 11.4. The largest absolute Gasteiger partial charge is 0.507 e. The van der Waals surface area contributed by atoms with E-state index in [0.717, 1.165) is 30.6 Å². The van der Waals surface area contributed by atoms with Crippen molar-refractivity contribution < 1.29 is 14.6 Å². The molecule has 1 heterocycles. The molecule has 3 atom stereocenters. The summed E-state index contributed by atoms with van der Waals surface area (Å²) < 4.78 is 5.58. The van der Waals surface area contributed by atoms with Gasteiger partial charge in [-0.1, -0.05) is 37.6 Å². The van der Waals surface area contributed by atoms with Gasteiger partial charge in [0.05, 0.1) is 7.11 Å². The third-order valence-electron chi connectivity index (χ3n) is 5.71. The van der Waals surface area contributed by atoms with Gasteiger partial charge in [0, 0.05) is 36.0 Å². The van der Waals surface area contributed by atoms with Gasteiger partial charge < -0.3 is 14.7 Å². The lowest BCUT2D eigenvalue weighted by Crippen LogP contribution is -2.43. The number of phenolic OH excluding ortho intramolecular Hbond substituents is 1. The smallest absolute Gasteiger partial charge is 0.223 e. The molecule has 2 aromatic rings. The number of phenols is 1. The van der Waals surface area contributed by atoms with Gasteiger partial charge in [0.25, 0.3) is 0 Å². The zero-order valence-corrected chi connectivity index (χ0v) is 18.4. The summed E-state index contributed by atoms with van der Waals surface area (Å²) in [6, 6.07) is 11.1. The lowest BCUT2D eigenvalue weighted by Gasteiger charge is -2.36. The fourth-order valence-electron chi connectivity index (χ4n) is 4.52. The van der Waals surface area contributed by atoms with Crippen LogP contribution in [0.4, 0.5) is 0 Å². The molecule has 3 rings (SSSR count). The normalized spacial score (nSPS) is 20.4. The summed E-state index contributed by atoms with van der Waals surface area (Å²) in [6.45, 7) is 7.87. The molecule has 4 nitrogen and oxygen atoms in total. The molecule has 0 radical (unpaired) electrons. The van der Waals surface area contributed by atoms with Gasteiger partial charge in [0.15, 0.2) is 0 Å². The quantitative estimate of drug-likeness (QED) is 0.712. The molecule has 1 amide bonds. The van der Waals surface area contributed by atoms with Crippen LogP contribution in [0.2, 0.25) is 5.02 Å². The van der Waals surface area contributed by atoms with Crippen molar-refractivity contribution in [3.8, 4) is 11.5 Å². The lowest BCUT2D eigenvalue weighted by molar-refractivity contribution is -0.134. The molecule has 2 aromatic carbocycles. The molecule has 156 valence electrons. The second kappa shape index (κ2) is 9.08. The number of rotatable bonds is 5. The molecule has 29 heavy (non-hydrogen) atoms. The number of piperidine rings is 1. The highest BCUT2D eigenvalue weighted by molar-refractivity contribution is 6.30. The van der Waals surface area contributed by atoms with Crippen molar-refractivity contribution in [3.63, 3.8) is 0 Å². The summed E-state index contributed by atoms with van der Waals surface area (Å²) in [6.07, 6.45) is 1.42. The maximum atomic E-state index is 13.3. The summed E-state index contributed by atoms with van der Waals surface area (Å²) in [7, 11) is 1.59. The molecule has 1 aliphatic heterocycles. The molecule has 1 saturated heterocycles. The Morgan fingerprint density at radius 3 is 2.41 bits per heavy atom. The van der Waals surface area contributed by atoms with Crippen LogP contribution in [0.1, 0.15) is 49.3 Å². The Morgan fingerprint density at radius 1 is 1.21 bits per heavy atom. The van der Waals surface area contributed by atoms with Gasteiger partial charge in [-0.15, -0.1) is 0 Å². The van der Waals surface area contributed by atoms with Crippen LogP contribution in [0.15, 0.2) is 36.4 Å². The van der Waals surface area contributed by atoms with Crippen LogP contribution in [0.25, 0.3) is 0 Å². The molecule has 0 aromatic heterocycles. The third kappa shape index (κ3) is 5.05. The van der Waals surface area contributed by atoms with E-state index in [-0.39, 0.29) is 24.0 Å². The van der Waals surface area contributed by atoms with Crippen LogP contribution in [-0.4, -0.2) is 36.1 Å². The van der Waals surface area contributed by atoms with E-state index in [0.29, 0.717) is 28.2 Å². The molecule has 0 bridgehead atoms. The Bertz CT molecular complexity index is 855. The predicted molar refractivity (Wildman–Crippen MR) is 117 cm³/mol. The summed E-state index contributed by atoms with van der Waals surface area (Å²) in [5.74, 6) is 1.52. The van der Waals surface area contributed by atoms with E-state index in [4.69, 9.17) is 16.3 Å². The standard InChI is InChI=1S/C24H30ClNO3/c1-15-10-21(27)24(22(11-15)29-4)20(18-5-7-19(25)8-6-18)12-23(28)26-13-16(2)9-17(3)14-26/h5-8,10-11,16-17,20,27H,9,12-14H2,1-4H3. The summed E-state index contributed by atoms with van der Waals surface area (Å²) in [4.78, 5) is 15.2. The van der Waals surface area contributed by atoms with Crippen molar-refractivity contribution in [1.29, 1.82) is 0 Å². The number of likely N-dealkylation sites (tertiary alicyclic amines) is 1. The number of hydrogen-bond donors (Lipinski definition) is 1. The molecule has 5 heteroatoms. The van der Waals surface area contributed by atoms with Crippen molar-refractivity contribution in [1.82, 2.24) is 4.90 Å². The topological polar surface area (TPSA) is 49.8 Å². The van der Waals surface area contributed by atoms with Gasteiger partial charge in [0.1, 0.15) is 11.5 Å². The number of methoxy groups -OCH3 is 1. The molecule has 0 saturated carbocycles. The van der Waals surface area contributed by atoms with Crippen LogP contribution in [0, 0.1) is 18.8 Å². The first-order valence-corrected chi connectivity index (χ1v) is 10.6. The molecular formula is C24H30ClNO3. The number of aryl methyl sites for hydroxylation is 1. The maximum absolute atomic E-state index is 13.3. The predicted octanol–water partition coefficient (Wildman–Crippen LogP) is 5.39. The highest BCUT2D eigenvalue weighted by Gasteiger charge is 2.30. The first-order valence-electron chi connectivity index (χ1n) is 10.2. The highest BCUT2D eigenvalue weighted by Crippen LogP contribution is 2.42. The average molecular weight is 416 g/mol. The molecule has 1 aliphatic rings. The van der Waals surface area contributed by atoms with Gasteiger partial charge in [0.2, 0.25) is 5.91 Å². The van der Waals surface area contributed by atoms with E-state index in [1.807, 2.05) is 42.2 Å². The second-order valence-corrected chi connectivity index (χ2v) is 8.89. The van der Waals surface area contributed by atoms with Gasteiger partial charge in [-0.05, 0) is 60.6 Å². The minimum absolute atomic E-state index is 0.102. The first-order chi connectivity index (χ1) is 13.8. The molecule has 0 aliphatic carbocycles. The molecular weight excluding hydrogens is 386 g/mol. The number of nitrogens with zero attached hydrogens (tertiary/aromatic N) is 1. The minimum Gasteiger partial charge on any atom is -0.507 e. The van der Waals surface area contributed by atoms with Crippen molar-refractivity contribution in [2.24, 2.45) is 11.8 Å². The number of aromatic hydroxyl groups is 1. The molecule has 3 unspecified atom stereocenters. The Morgan fingerprint density at radius 2 is 1.83 bits per heavy atom. The summed E-state index contributed by atoms with van der Waals surface area (Å²) in [5.41, 5.74) is 2.48. The fraction of sp³-hybridized carbons (Fsp3) is 0.458. The Labute approximate surface area is 178 Å². The number of ether oxygens (including phenoxy) is 1. The number of carbonyl (C=O) groups excluding carboxylic acids is 1. The average Bonchev–Trinajstić information content (AvgIpc) is 2.66.